The van der Waals surface area contributed by atoms with Crippen LogP contribution < -0.4 is 4.74 Å². The van der Waals surface area contributed by atoms with Crippen molar-refractivity contribution >= 4 is 0 Å². The summed E-state index contributed by atoms with van der Waals surface area (Å²) in [4.78, 5) is 0. The number of hydrogen-bond acceptors (Lipinski definition) is 2. The van der Waals surface area contributed by atoms with Gasteiger partial charge in [-0.25, -0.2) is 0 Å². The highest BCUT2D eigenvalue weighted by atomic mass is 16.5. The van der Waals surface area contributed by atoms with Crippen LogP contribution >= 0.6 is 0 Å². The number of rotatable bonds is 2. The number of aromatic nitrogens is 2. The normalized spacial score (nSPS) is 10.6. The number of methoxy groups -OCH3 is 1. The molecule has 0 fully saturated rings. The molecular formula is C8H14N2O. The summed E-state index contributed by atoms with van der Waals surface area (Å²) < 4.78 is 6.92. The molecule has 0 bridgehead atoms. The van der Waals surface area contributed by atoms with E-state index in [-0.39, 0.29) is 0 Å². The first kappa shape index (κ1) is 8.11. The third-order valence-corrected chi connectivity index (χ3v) is 1.59. The molecule has 0 atom stereocenters. The van der Waals surface area contributed by atoms with Gasteiger partial charge in [-0.2, -0.15) is 5.10 Å². The van der Waals surface area contributed by atoms with Crippen molar-refractivity contribution in [3.8, 4) is 5.75 Å². The van der Waals surface area contributed by atoms with Crippen LogP contribution in [0.5, 0.6) is 5.75 Å². The zero-order valence-electron chi connectivity index (χ0n) is 7.46. The Morgan fingerprint density at radius 1 is 1.55 bits per heavy atom. The molecule has 0 aromatic carbocycles. The summed E-state index contributed by atoms with van der Waals surface area (Å²) in [5.74, 6) is 1.30. The second-order valence-electron chi connectivity index (χ2n) is 2.91. The van der Waals surface area contributed by atoms with Gasteiger partial charge in [0.2, 0.25) is 0 Å². The summed E-state index contributed by atoms with van der Waals surface area (Å²) >= 11 is 0. The van der Waals surface area contributed by atoms with E-state index >= 15 is 0 Å². The van der Waals surface area contributed by atoms with E-state index in [1.165, 1.54) is 0 Å². The van der Waals surface area contributed by atoms with Crippen molar-refractivity contribution in [1.82, 2.24) is 9.78 Å². The van der Waals surface area contributed by atoms with Gasteiger partial charge in [-0.3, -0.25) is 4.68 Å². The van der Waals surface area contributed by atoms with E-state index < -0.39 is 0 Å². The fraction of sp³-hybridized carbons (Fsp3) is 0.625. The summed E-state index contributed by atoms with van der Waals surface area (Å²) in [5.41, 5.74) is 1.02. The zero-order chi connectivity index (χ0) is 8.43. The standard InChI is InChI=1S/C8H14N2O/c1-6(2)8-7(11-4)5-10(3)9-8/h5-6H,1-4H3. The number of nitrogens with zero attached hydrogens (tertiary/aromatic N) is 2. The van der Waals surface area contributed by atoms with Crippen molar-refractivity contribution in [3.63, 3.8) is 0 Å². The van der Waals surface area contributed by atoms with E-state index in [2.05, 4.69) is 18.9 Å². The summed E-state index contributed by atoms with van der Waals surface area (Å²) in [5, 5.41) is 4.27. The summed E-state index contributed by atoms with van der Waals surface area (Å²) in [6, 6.07) is 0. The van der Waals surface area contributed by atoms with Crippen LogP contribution in [0, 0.1) is 0 Å². The SMILES string of the molecule is COc1cn(C)nc1C(C)C. The van der Waals surface area contributed by atoms with Crippen molar-refractivity contribution in [3.05, 3.63) is 11.9 Å². The van der Waals surface area contributed by atoms with E-state index in [1.54, 1.807) is 11.8 Å². The van der Waals surface area contributed by atoms with Gasteiger partial charge in [-0.1, -0.05) is 13.8 Å². The highest BCUT2D eigenvalue weighted by molar-refractivity contribution is 5.26. The van der Waals surface area contributed by atoms with E-state index in [4.69, 9.17) is 4.74 Å². The minimum atomic E-state index is 0.422. The molecule has 0 amide bonds. The van der Waals surface area contributed by atoms with Crippen LogP contribution in [-0.2, 0) is 7.05 Å². The molecule has 0 saturated carbocycles. The molecule has 0 saturated heterocycles. The van der Waals surface area contributed by atoms with Gasteiger partial charge in [0, 0.05) is 13.0 Å². The van der Waals surface area contributed by atoms with Gasteiger partial charge in [-0.15, -0.1) is 0 Å². The van der Waals surface area contributed by atoms with E-state index in [0.29, 0.717) is 5.92 Å². The van der Waals surface area contributed by atoms with Gasteiger partial charge in [0.1, 0.15) is 5.69 Å². The largest absolute Gasteiger partial charge is 0.493 e. The molecular weight excluding hydrogens is 140 g/mol. The third-order valence-electron chi connectivity index (χ3n) is 1.59. The van der Waals surface area contributed by atoms with Crippen molar-refractivity contribution < 1.29 is 4.74 Å². The van der Waals surface area contributed by atoms with Gasteiger partial charge in [0.25, 0.3) is 0 Å². The lowest BCUT2D eigenvalue weighted by atomic mass is 10.1. The fourth-order valence-corrected chi connectivity index (χ4v) is 1.04. The Labute approximate surface area is 67.0 Å². The van der Waals surface area contributed by atoms with Gasteiger partial charge in [0.15, 0.2) is 5.75 Å². The lowest BCUT2D eigenvalue weighted by molar-refractivity contribution is 0.407. The maximum atomic E-state index is 5.14. The van der Waals surface area contributed by atoms with Gasteiger partial charge < -0.3 is 4.74 Å². The molecule has 0 radical (unpaired) electrons. The van der Waals surface area contributed by atoms with Gasteiger partial charge in [0.05, 0.1) is 13.3 Å². The van der Waals surface area contributed by atoms with Crippen LogP contribution in [-0.4, -0.2) is 16.9 Å². The molecule has 3 nitrogen and oxygen atoms in total. The summed E-state index contributed by atoms with van der Waals surface area (Å²) in [7, 11) is 3.57. The summed E-state index contributed by atoms with van der Waals surface area (Å²) in [6.07, 6.45) is 1.88. The minimum absolute atomic E-state index is 0.422. The number of ether oxygens (including phenoxy) is 1. The van der Waals surface area contributed by atoms with Gasteiger partial charge in [-0.05, 0) is 0 Å². The highest BCUT2D eigenvalue weighted by Gasteiger charge is 2.10. The number of aryl methyl sites for hydroxylation is 1. The predicted octanol–water partition coefficient (Wildman–Crippen LogP) is 1.55. The van der Waals surface area contributed by atoms with Crippen LogP contribution in [0.25, 0.3) is 0 Å². The van der Waals surface area contributed by atoms with Gasteiger partial charge >= 0.3 is 0 Å². The quantitative estimate of drug-likeness (QED) is 0.646. The van der Waals surface area contributed by atoms with E-state index in [9.17, 15) is 0 Å². The Morgan fingerprint density at radius 3 is 2.55 bits per heavy atom. The Morgan fingerprint density at radius 2 is 2.18 bits per heavy atom. The molecule has 0 aliphatic carbocycles. The molecule has 0 aliphatic rings. The average molecular weight is 154 g/mol. The maximum Gasteiger partial charge on any atom is 0.160 e. The second kappa shape index (κ2) is 2.95. The van der Waals surface area contributed by atoms with Crippen LogP contribution in [0.1, 0.15) is 25.5 Å². The van der Waals surface area contributed by atoms with Crippen LogP contribution in [0.4, 0.5) is 0 Å². The van der Waals surface area contributed by atoms with Crippen LogP contribution in [0.15, 0.2) is 6.20 Å². The summed E-state index contributed by atoms with van der Waals surface area (Å²) in [6.45, 7) is 4.20. The average Bonchev–Trinajstić information content (AvgIpc) is 2.30. The topological polar surface area (TPSA) is 27.1 Å². The zero-order valence-corrected chi connectivity index (χ0v) is 7.46. The molecule has 0 spiro atoms. The molecule has 1 aromatic rings. The molecule has 0 unspecified atom stereocenters. The van der Waals surface area contributed by atoms with E-state index in [0.717, 1.165) is 11.4 Å². The van der Waals surface area contributed by atoms with Crippen molar-refractivity contribution in [2.45, 2.75) is 19.8 Å². The molecule has 3 heteroatoms. The van der Waals surface area contributed by atoms with Crippen LogP contribution in [0.3, 0.4) is 0 Å². The smallest absolute Gasteiger partial charge is 0.160 e. The molecule has 1 heterocycles. The van der Waals surface area contributed by atoms with Crippen molar-refractivity contribution in [2.24, 2.45) is 7.05 Å². The molecule has 1 aromatic heterocycles. The molecule has 1 rings (SSSR count). The van der Waals surface area contributed by atoms with Crippen LogP contribution in [0.2, 0.25) is 0 Å². The molecule has 11 heavy (non-hydrogen) atoms. The molecule has 0 N–H and O–H groups in total. The first-order chi connectivity index (χ1) is 5.15. The number of hydrogen-bond donors (Lipinski definition) is 0. The minimum Gasteiger partial charge on any atom is -0.493 e. The Balaban J connectivity index is 3.02. The fourth-order valence-electron chi connectivity index (χ4n) is 1.04. The highest BCUT2D eigenvalue weighted by Crippen LogP contribution is 2.23. The lowest BCUT2D eigenvalue weighted by Crippen LogP contribution is -1.93. The van der Waals surface area contributed by atoms with Crippen molar-refractivity contribution in [2.75, 3.05) is 7.11 Å². The second-order valence-corrected chi connectivity index (χ2v) is 2.91. The van der Waals surface area contributed by atoms with E-state index in [1.807, 2.05) is 13.2 Å². The third kappa shape index (κ3) is 1.53. The Kier molecular flexibility index (Phi) is 2.17. The Hall–Kier alpha value is -0.990. The first-order valence-corrected chi connectivity index (χ1v) is 3.72. The molecule has 0 aliphatic heterocycles. The lowest BCUT2D eigenvalue weighted by Gasteiger charge is -2.01. The maximum absolute atomic E-state index is 5.14. The Bertz CT molecular complexity index is 240. The monoisotopic (exact) mass is 154 g/mol. The van der Waals surface area contributed by atoms with Crippen molar-refractivity contribution in [1.29, 1.82) is 0 Å². The first-order valence-electron chi connectivity index (χ1n) is 3.72. The predicted molar refractivity (Wildman–Crippen MR) is 43.8 cm³/mol. The molecule has 62 valence electrons.